The van der Waals surface area contributed by atoms with Crippen LogP contribution in [-0.2, 0) is 9.53 Å². The normalized spacial score (nSPS) is 48.0. The first-order valence-electron chi connectivity index (χ1n) is 13.2. The molecule has 6 unspecified atom stereocenters. The van der Waals surface area contributed by atoms with Crippen LogP contribution in [0.25, 0.3) is 0 Å². The zero-order chi connectivity index (χ0) is 23.7. The van der Waals surface area contributed by atoms with E-state index in [2.05, 4.69) is 20.8 Å². The Morgan fingerprint density at radius 3 is 2.64 bits per heavy atom. The smallest absolute Gasteiger partial charge is 0.334 e. The van der Waals surface area contributed by atoms with Crippen molar-refractivity contribution in [3.8, 4) is 0 Å². The van der Waals surface area contributed by atoms with Crippen LogP contribution in [0, 0.1) is 46.3 Å². The number of carbonyl (C=O) groups is 1. The molecule has 0 bridgehead atoms. The summed E-state index contributed by atoms with van der Waals surface area (Å²) in [6.45, 7) is 9.02. The fourth-order valence-corrected chi connectivity index (χ4v) is 9.43. The number of rotatable bonds is 4. The molecule has 0 aromatic carbocycles. The van der Waals surface area contributed by atoms with Gasteiger partial charge in [-0.05, 0) is 92.4 Å². The highest BCUT2D eigenvalue weighted by Crippen LogP contribution is 2.70. The summed E-state index contributed by atoms with van der Waals surface area (Å²) in [6.07, 6.45) is 8.84. The molecule has 0 spiro atoms. The molecule has 0 saturated heterocycles. The Morgan fingerprint density at radius 2 is 1.94 bits per heavy atom. The molecule has 3 N–H and O–H groups in total. The van der Waals surface area contributed by atoms with Gasteiger partial charge in [0.2, 0.25) is 0 Å². The average molecular weight is 459 g/mol. The van der Waals surface area contributed by atoms with E-state index >= 15 is 0 Å². The van der Waals surface area contributed by atoms with Crippen molar-refractivity contribution in [2.45, 2.75) is 91.3 Å². The highest BCUT2D eigenvalue weighted by Gasteiger charge is 2.64. The third kappa shape index (κ3) is 3.36. The van der Waals surface area contributed by atoms with Crippen LogP contribution in [0.2, 0.25) is 0 Å². The van der Waals surface area contributed by atoms with Crippen LogP contribution in [0.5, 0.6) is 0 Å². The molecule has 184 valence electrons. The topological polar surface area (TPSA) is 87.0 Å². The van der Waals surface area contributed by atoms with Crippen molar-refractivity contribution in [3.05, 3.63) is 23.0 Å². The molecule has 5 heteroatoms. The highest BCUT2D eigenvalue weighted by atomic mass is 16.5. The quantitative estimate of drug-likeness (QED) is 0.520. The molecule has 0 radical (unpaired) electrons. The molecule has 33 heavy (non-hydrogen) atoms. The van der Waals surface area contributed by atoms with Crippen LogP contribution >= 0.6 is 0 Å². The third-order valence-electron chi connectivity index (χ3n) is 11.2. The number of hydrogen-bond acceptors (Lipinski definition) is 5. The Labute approximate surface area is 198 Å². The van der Waals surface area contributed by atoms with Crippen molar-refractivity contribution in [1.82, 2.24) is 0 Å². The Bertz CT molecular complexity index is 876. The fourth-order valence-electron chi connectivity index (χ4n) is 9.43. The van der Waals surface area contributed by atoms with Gasteiger partial charge in [0.1, 0.15) is 6.10 Å². The summed E-state index contributed by atoms with van der Waals surface area (Å²) in [7, 11) is 0. The van der Waals surface area contributed by atoms with Crippen LogP contribution in [0.15, 0.2) is 23.0 Å². The minimum Gasteiger partial charge on any atom is -0.512 e. The molecule has 3 fully saturated rings. The Kier molecular flexibility index (Phi) is 5.76. The number of aliphatic hydroxyl groups is 3. The van der Waals surface area contributed by atoms with Gasteiger partial charge in [0.05, 0.1) is 11.9 Å². The van der Waals surface area contributed by atoms with E-state index in [-0.39, 0.29) is 29.5 Å². The van der Waals surface area contributed by atoms with Gasteiger partial charge in [-0.25, -0.2) is 4.79 Å². The molecule has 0 amide bonds. The second-order valence-corrected chi connectivity index (χ2v) is 12.4. The fraction of sp³-hybridized carbons (Fsp3) is 0.821. The van der Waals surface area contributed by atoms with Gasteiger partial charge < -0.3 is 20.1 Å². The standard InChI is InChI=1S/C28H42O5/c1-15-11-24(33-26(32)19(15)8-10-29)16(2)21-5-6-22-20-13-17-12-18(30)14-25(31)28(17,4)23(20)7-9-27(21,22)3/h14,16-18,20-24,29-31H,5-13H2,1-4H3/t16-,17?,18+,20?,21?,22?,23?,24?,27+,28-/m0/s1. The minimum atomic E-state index is -0.515. The zero-order valence-electron chi connectivity index (χ0n) is 20.7. The number of aliphatic hydroxyl groups excluding tert-OH is 3. The minimum absolute atomic E-state index is 0.0192. The molecule has 1 heterocycles. The number of carbonyl (C=O) groups excluding carboxylic acids is 1. The lowest BCUT2D eigenvalue weighted by Crippen LogP contribution is -2.47. The van der Waals surface area contributed by atoms with Crippen molar-refractivity contribution < 1.29 is 24.9 Å². The van der Waals surface area contributed by atoms with E-state index in [9.17, 15) is 20.1 Å². The van der Waals surface area contributed by atoms with E-state index in [0.717, 1.165) is 37.7 Å². The highest BCUT2D eigenvalue weighted by molar-refractivity contribution is 5.90. The van der Waals surface area contributed by atoms with Gasteiger partial charge >= 0.3 is 5.97 Å². The number of esters is 1. The second-order valence-electron chi connectivity index (χ2n) is 12.4. The molecule has 3 saturated carbocycles. The number of cyclic esters (lactones) is 1. The molecule has 5 nitrogen and oxygen atoms in total. The van der Waals surface area contributed by atoms with Gasteiger partial charge in [0, 0.05) is 30.4 Å². The first-order valence-corrected chi connectivity index (χ1v) is 13.2. The van der Waals surface area contributed by atoms with Crippen LogP contribution in [0.1, 0.15) is 79.1 Å². The number of ether oxygens (including phenoxy) is 1. The first kappa shape index (κ1) is 23.4. The monoisotopic (exact) mass is 458 g/mol. The summed E-state index contributed by atoms with van der Waals surface area (Å²) in [4.78, 5) is 12.6. The van der Waals surface area contributed by atoms with Crippen LogP contribution in [0.4, 0.5) is 0 Å². The van der Waals surface area contributed by atoms with E-state index in [1.54, 1.807) is 6.08 Å². The largest absolute Gasteiger partial charge is 0.512 e. The Hall–Kier alpha value is -1.33. The van der Waals surface area contributed by atoms with E-state index in [1.165, 1.54) is 12.8 Å². The van der Waals surface area contributed by atoms with Crippen molar-refractivity contribution in [1.29, 1.82) is 0 Å². The summed E-state index contributed by atoms with van der Waals surface area (Å²) < 4.78 is 5.95. The predicted molar refractivity (Wildman–Crippen MR) is 126 cm³/mol. The van der Waals surface area contributed by atoms with Crippen LogP contribution < -0.4 is 0 Å². The summed E-state index contributed by atoms with van der Waals surface area (Å²) in [5.74, 6) is 3.13. The maximum Gasteiger partial charge on any atom is 0.334 e. The van der Waals surface area contributed by atoms with Crippen molar-refractivity contribution >= 4 is 5.97 Å². The summed E-state index contributed by atoms with van der Waals surface area (Å²) in [6, 6.07) is 0. The molecule has 1 aliphatic heterocycles. The molecular weight excluding hydrogens is 416 g/mol. The van der Waals surface area contributed by atoms with Crippen molar-refractivity contribution in [2.75, 3.05) is 6.61 Å². The van der Waals surface area contributed by atoms with E-state index in [4.69, 9.17) is 4.74 Å². The molecule has 5 rings (SSSR count). The SMILES string of the molecule is CC1=C(CCO)C(=O)OC([C@@H](C)C2CCC3C4CC5C[C@@H](O)C=C(O)[C@]5(C)C4CC[C@@]32C)C1. The molecule has 0 aromatic heterocycles. The molecule has 4 aliphatic carbocycles. The summed E-state index contributed by atoms with van der Waals surface area (Å²) in [5, 5.41) is 30.5. The number of fused-ring (bicyclic) bond motifs is 5. The van der Waals surface area contributed by atoms with Crippen molar-refractivity contribution in [3.63, 3.8) is 0 Å². The number of allylic oxidation sites excluding steroid dienone is 1. The molecule has 5 aliphatic rings. The Balaban J connectivity index is 1.36. The average Bonchev–Trinajstić information content (AvgIpc) is 3.25. The van der Waals surface area contributed by atoms with Gasteiger partial charge in [-0.1, -0.05) is 26.3 Å². The van der Waals surface area contributed by atoms with E-state index in [1.807, 2.05) is 6.92 Å². The molecule has 10 atom stereocenters. The van der Waals surface area contributed by atoms with E-state index < -0.39 is 6.10 Å². The summed E-state index contributed by atoms with van der Waals surface area (Å²) >= 11 is 0. The van der Waals surface area contributed by atoms with E-state index in [0.29, 0.717) is 53.3 Å². The molecular formula is C28H42O5. The third-order valence-corrected chi connectivity index (χ3v) is 11.2. The summed E-state index contributed by atoms with van der Waals surface area (Å²) in [5.41, 5.74) is 1.79. The van der Waals surface area contributed by atoms with Gasteiger partial charge in [-0.2, -0.15) is 0 Å². The second kappa shape index (κ2) is 8.12. The number of hydrogen-bond donors (Lipinski definition) is 3. The Morgan fingerprint density at radius 1 is 1.18 bits per heavy atom. The lowest BCUT2D eigenvalue weighted by atomic mass is 9.54. The van der Waals surface area contributed by atoms with Gasteiger partial charge in [-0.15, -0.1) is 0 Å². The lowest BCUT2D eigenvalue weighted by molar-refractivity contribution is -0.151. The maximum absolute atomic E-state index is 12.6. The lowest BCUT2D eigenvalue weighted by Gasteiger charge is -2.51. The maximum atomic E-state index is 12.6. The van der Waals surface area contributed by atoms with Crippen LogP contribution in [0.3, 0.4) is 0 Å². The first-order chi connectivity index (χ1) is 15.6. The van der Waals surface area contributed by atoms with Gasteiger partial charge in [-0.3, -0.25) is 0 Å². The predicted octanol–water partition coefficient (Wildman–Crippen LogP) is 4.93. The van der Waals surface area contributed by atoms with Crippen molar-refractivity contribution in [2.24, 2.45) is 46.3 Å². The van der Waals surface area contributed by atoms with Gasteiger partial charge in [0.25, 0.3) is 0 Å². The zero-order valence-corrected chi connectivity index (χ0v) is 20.7. The van der Waals surface area contributed by atoms with Gasteiger partial charge in [0.15, 0.2) is 0 Å². The van der Waals surface area contributed by atoms with Crippen LogP contribution in [-0.4, -0.2) is 40.1 Å². The molecule has 0 aromatic rings.